The van der Waals surface area contributed by atoms with Crippen LogP contribution in [-0.4, -0.2) is 40.0 Å². The smallest absolute Gasteiger partial charge is 0.309 e. The first kappa shape index (κ1) is 17.3. The van der Waals surface area contributed by atoms with Gasteiger partial charge in [-0.05, 0) is 12.1 Å². The van der Waals surface area contributed by atoms with E-state index in [4.69, 9.17) is 9.05 Å². The topological polar surface area (TPSA) is 72.9 Å². The van der Waals surface area contributed by atoms with Crippen LogP contribution in [0, 0.1) is 0 Å². The Balaban J connectivity index is 3.53. The quantitative estimate of drug-likeness (QED) is 0.716. The molecule has 0 fully saturated rings. The van der Waals surface area contributed by atoms with Gasteiger partial charge in [-0.1, -0.05) is 26.0 Å². The van der Waals surface area contributed by atoms with Gasteiger partial charge < -0.3 is 9.05 Å². The maximum Gasteiger partial charge on any atom is 0.362 e. The lowest BCUT2D eigenvalue weighted by molar-refractivity contribution is 0.286. The first-order valence-corrected chi connectivity index (χ1v) is 9.16. The van der Waals surface area contributed by atoms with Crippen LogP contribution in [0.25, 0.3) is 0 Å². The Morgan fingerprint density at radius 3 is 2.05 bits per heavy atom. The molecule has 0 saturated heterocycles. The number of rotatable bonds is 7. The van der Waals surface area contributed by atoms with Gasteiger partial charge in [0.25, 0.3) is 0 Å². The zero-order valence-electron chi connectivity index (χ0n) is 12.1. The summed E-state index contributed by atoms with van der Waals surface area (Å²) in [6.45, 7) is 4.15. The van der Waals surface area contributed by atoms with Crippen molar-refractivity contribution in [3.05, 3.63) is 24.3 Å². The van der Waals surface area contributed by atoms with E-state index in [1.165, 1.54) is 30.7 Å². The highest BCUT2D eigenvalue weighted by Gasteiger charge is 2.34. The Bertz CT molecular complexity index is 590. The van der Waals surface area contributed by atoms with Gasteiger partial charge in [-0.2, -0.15) is 4.31 Å². The molecule has 20 heavy (non-hydrogen) atoms. The molecule has 0 unspecified atom stereocenters. The molecule has 0 N–H and O–H groups in total. The van der Waals surface area contributed by atoms with Crippen molar-refractivity contribution in [1.29, 1.82) is 0 Å². The zero-order valence-corrected chi connectivity index (χ0v) is 13.8. The highest BCUT2D eigenvalue weighted by atomic mass is 32.2. The minimum absolute atomic E-state index is 0.0456. The van der Waals surface area contributed by atoms with Gasteiger partial charge in [0.05, 0.1) is 10.2 Å². The molecule has 0 amide bonds. The third-order valence-electron chi connectivity index (χ3n) is 2.96. The van der Waals surface area contributed by atoms with E-state index in [1.807, 2.05) is 0 Å². The first-order chi connectivity index (χ1) is 9.37. The molecule has 0 spiro atoms. The highest BCUT2D eigenvalue weighted by Crippen LogP contribution is 2.46. The van der Waals surface area contributed by atoms with Gasteiger partial charge in [0.2, 0.25) is 10.0 Å². The summed E-state index contributed by atoms with van der Waals surface area (Å²) in [6, 6.07) is 6.04. The molecule has 0 saturated carbocycles. The van der Waals surface area contributed by atoms with Crippen LogP contribution < -0.4 is 5.30 Å². The van der Waals surface area contributed by atoms with Crippen LogP contribution in [0.5, 0.6) is 0 Å². The van der Waals surface area contributed by atoms with Gasteiger partial charge in [-0.15, -0.1) is 0 Å². The summed E-state index contributed by atoms with van der Waals surface area (Å²) in [7, 11) is -4.91. The van der Waals surface area contributed by atoms with Crippen LogP contribution in [-0.2, 0) is 23.6 Å². The second kappa shape index (κ2) is 6.83. The highest BCUT2D eigenvalue weighted by molar-refractivity contribution is 7.89. The molecule has 0 aliphatic heterocycles. The summed E-state index contributed by atoms with van der Waals surface area (Å²) in [5.74, 6) is 0. The third kappa shape index (κ3) is 3.13. The summed E-state index contributed by atoms with van der Waals surface area (Å²) < 4.78 is 48.8. The molecule has 8 heteroatoms. The molecule has 6 nitrogen and oxygen atoms in total. The number of nitrogens with zero attached hydrogens (tertiary/aromatic N) is 1. The average molecular weight is 321 g/mol. The monoisotopic (exact) mass is 321 g/mol. The molecule has 0 aromatic heterocycles. The fraction of sp³-hybridized carbons (Fsp3) is 0.500. The van der Waals surface area contributed by atoms with Gasteiger partial charge in [0.1, 0.15) is 0 Å². The fourth-order valence-corrected chi connectivity index (χ4v) is 5.25. The number of benzene rings is 1. The standard InChI is InChI=1S/C12H20NO5PS/c1-5-13(6-2)20(15,16)12-10-8-7-9-11(12)19(14,17-3)18-4/h7-10H,5-6H2,1-4H3. The lowest BCUT2D eigenvalue weighted by Crippen LogP contribution is -2.33. The molecule has 0 aliphatic carbocycles. The van der Waals surface area contributed by atoms with Crippen LogP contribution in [0.15, 0.2) is 29.2 Å². The lowest BCUT2D eigenvalue weighted by atomic mass is 10.4. The van der Waals surface area contributed by atoms with E-state index >= 15 is 0 Å². The lowest BCUT2D eigenvalue weighted by Gasteiger charge is -2.22. The van der Waals surface area contributed by atoms with Crippen molar-refractivity contribution in [1.82, 2.24) is 4.31 Å². The average Bonchev–Trinajstić information content (AvgIpc) is 2.47. The van der Waals surface area contributed by atoms with Gasteiger partial charge in [-0.3, -0.25) is 4.57 Å². The molecule has 1 rings (SSSR count). The van der Waals surface area contributed by atoms with Crippen LogP contribution in [0.2, 0.25) is 0 Å². The van der Waals surface area contributed by atoms with E-state index in [0.717, 1.165) is 0 Å². The number of sulfonamides is 1. The molecule has 1 aromatic carbocycles. The minimum atomic E-state index is -3.73. The zero-order chi connectivity index (χ0) is 15.4. The van der Waals surface area contributed by atoms with E-state index < -0.39 is 17.6 Å². The second-order valence-corrected chi connectivity index (χ2v) is 8.03. The second-order valence-electron chi connectivity index (χ2n) is 3.92. The van der Waals surface area contributed by atoms with E-state index in [0.29, 0.717) is 13.1 Å². The Labute approximate surface area is 120 Å². The first-order valence-electron chi connectivity index (χ1n) is 6.18. The largest absolute Gasteiger partial charge is 0.362 e. The Morgan fingerprint density at radius 2 is 1.60 bits per heavy atom. The van der Waals surface area contributed by atoms with Crippen molar-refractivity contribution in [2.24, 2.45) is 0 Å². The van der Waals surface area contributed by atoms with E-state index in [1.54, 1.807) is 26.0 Å². The molecule has 0 bridgehead atoms. The predicted molar refractivity (Wildman–Crippen MR) is 77.8 cm³/mol. The summed E-state index contributed by atoms with van der Waals surface area (Å²) in [6.07, 6.45) is 0. The number of hydrogen-bond donors (Lipinski definition) is 0. The summed E-state index contributed by atoms with van der Waals surface area (Å²) >= 11 is 0. The molecular formula is C12H20NO5PS. The normalized spacial score (nSPS) is 12.8. The molecule has 0 aliphatic rings. The van der Waals surface area contributed by atoms with Crippen LogP contribution in [0.1, 0.15) is 13.8 Å². The molecular weight excluding hydrogens is 301 g/mol. The van der Waals surface area contributed by atoms with Crippen LogP contribution >= 0.6 is 7.60 Å². The van der Waals surface area contributed by atoms with E-state index in [9.17, 15) is 13.0 Å². The van der Waals surface area contributed by atoms with Gasteiger partial charge in [0, 0.05) is 27.3 Å². The minimum Gasteiger partial charge on any atom is -0.309 e. The Morgan fingerprint density at radius 1 is 1.10 bits per heavy atom. The third-order valence-corrected chi connectivity index (χ3v) is 7.17. The molecule has 114 valence electrons. The van der Waals surface area contributed by atoms with Gasteiger partial charge in [-0.25, -0.2) is 8.42 Å². The Hall–Kier alpha value is -0.720. The molecule has 0 radical (unpaired) electrons. The van der Waals surface area contributed by atoms with Crippen molar-refractivity contribution in [3.63, 3.8) is 0 Å². The van der Waals surface area contributed by atoms with Gasteiger partial charge in [0.15, 0.2) is 0 Å². The Kier molecular flexibility index (Phi) is 5.91. The fourth-order valence-electron chi connectivity index (χ4n) is 1.88. The number of hydrogen-bond acceptors (Lipinski definition) is 5. The van der Waals surface area contributed by atoms with Crippen LogP contribution in [0.4, 0.5) is 0 Å². The maximum atomic E-state index is 12.6. The predicted octanol–water partition coefficient (Wildman–Crippen LogP) is 1.83. The van der Waals surface area contributed by atoms with Crippen molar-refractivity contribution in [2.45, 2.75) is 18.7 Å². The summed E-state index contributed by atoms with van der Waals surface area (Å²) in [5, 5.41) is 0.0527. The van der Waals surface area contributed by atoms with E-state index in [2.05, 4.69) is 0 Å². The molecule has 0 atom stereocenters. The summed E-state index contributed by atoms with van der Waals surface area (Å²) in [4.78, 5) is -0.0456. The molecule has 0 heterocycles. The van der Waals surface area contributed by atoms with Crippen molar-refractivity contribution < 1.29 is 22.0 Å². The summed E-state index contributed by atoms with van der Waals surface area (Å²) in [5.41, 5.74) is 0. The van der Waals surface area contributed by atoms with Gasteiger partial charge >= 0.3 is 7.60 Å². The van der Waals surface area contributed by atoms with Crippen molar-refractivity contribution in [3.8, 4) is 0 Å². The van der Waals surface area contributed by atoms with Crippen molar-refractivity contribution >= 4 is 22.9 Å². The maximum absolute atomic E-state index is 12.6. The van der Waals surface area contributed by atoms with Crippen LogP contribution in [0.3, 0.4) is 0 Å². The van der Waals surface area contributed by atoms with E-state index in [-0.39, 0.29) is 10.2 Å². The van der Waals surface area contributed by atoms with Crippen molar-refractivity contribution in [2.75, 3.05) is 27.3 Å². The SMILES string of the molecule is CCN(CC)S(=O)(=O)c1ccccc1P(=O)(OC)OC. The molecule has 1 aromatic rings.